The molecule has 7 heteroatoms. The summed E-state index contributed by atoms with van der Waals surface area (Å²) >= 11 is 0. The first-order valence-corrected chi connectivity index (χ1v) is 15.0. The lowest BCUT2D eigenvalue weighted by Gasteiger charge is -2.37. The Kier molecular flexibility index (Phi) is 11.3. The number of anilines is 1. The molecule has 0 saturated carbocycles. The number of esters is 1. The number of hydrogen-bond donors (Lipinski definition) is 0. The third kappa shape index (κ3) is 8.87. The van der Waals surface area contributed by atoms with Crippen molar-refractivity contribution in [3.05, 3.63) is 90.0 Å². The van der Waals surface area contributed by atoms with Gasteiger partial charge in [-0.15, -0.1) is 0 Å². The summed E-state index contributed by atoms with van der Waals surface area (Å²) in [6, 6.07) is 15.4. The monoisotopic (exact) mass is 556 g/mol. The van der Waals surface area contributed by atoms with E-state index in [4.69, 9.17) is 4.74 Å². The van der Waals surface area contributed by atoms with Gasteiger partial charge >= 0.3 is 12.0 Å². The lowest BCUT2D eigenvalue weighted by atomic mass is 10.0. The Balaban J connectivity index is 1.39. The van der Waals surface area contributed by atoms with E-state index in [-0.39, 0.29) is 18.1 Å². The molecule has 218 valence electrons. The van der Waals surface area contributed by atoms with Crippen LogP contribution >= 0.6 is 0 Å². The second kappa shape index (κ2) is 15.3. The molecule has 0 radical (unpaired) electrons. The Morgan fingerprint density at radius 3 is 2.07 bits per heavy atom. The number of aromatic nitrogens is 2. The van der Waals surface area contributed by atoms with Gasteiger partial charge in [0, 0.05) is 44.1 Å². The summed E-state index contributed by atoms with van der Waals surface area (Å²) in [7, 11) is 1.78. The van der Waals surface area contributed by atoms with Crippen LogP contribution in [-0.4, -0.2) is 52.6 Å². The summed E-state index contributed by atoms with van der Waals surface area (Å²) < 4.78 is 6.19. The summed E-state index contributed by atoms with van der Waals surface area (Å²) in [6.07, 6.45) is 14.7. The molecule has 2 aromatic heterocycles. The molecule has 1 aromatic carbocycles. The first kappa shape index (κ1) is 30.2. The fourth-order valence-electron chi connectivity index (χ4n) is 5.46. The van der Waals surface area contributed by atoms with Crippen molar-refractivity contribution in [1.82, 2.24) is 14.9 Å². The molecule has 7 nitrogen and oxygen atoms in total. The van der Waals surface area contributed by atoms with Gasteiger partial charge < -0.3 is 9.64 Å². The largest absolute Gasteiger partial charge is 0.461 e. The van der Waals surface area contributed by atoms with Gasteiger partial charge in [-0.2, -0.15) is 0 Å². The third-order valence-electron chi connectivity index (χ3n) is 7.97. The van der Waals surface area contributed by atoms with E-state index in [1.807, 2.05) is 36.7 Å². The Morgan fingerprint density at radius 1 is 0.927 bits per heavy atom. The average molecular weight is 557 g/mol. The Hall–Kier alpha value is -3.74. The van der Waals surface area contributed by atoms with Crippen molar-refractivity contribution in [2.24, 2.45) is 0 Å². The predicted molar refractivity (Wildman–Crippen MR) is 163 cm³/mol. The average Bonchev–Trinajstić information content (AvgIpc) is 3.01. The van der Waals surface area contributed by atoms with Crippen LogP contribution in [0.2, 0.25) is 0 Å². The molecule has 3 aromatic rings. The highest BCUT2D eigenvalue weighted by Gasteiger charge is 2.36. The van der Waals surface area contributed by atoms with Crippen LogP contribution in [0.3, 0.4) is 0 Å². The topological polar surface area (TPSA) is 75.6 Å². The van der Waals surface area contributed by atoms with Gasteiger partial charge in [0.2, 0.25) is 0 Å². The molecule has 1 atom stereocenters. The molecule has 0 aliphatic carbocycles. The van der Waals surface area contributed by atoms with Crippen LogP contribution in [0.25, 0.3) is 0 Å². The van der Waals surface area contributed by atoms with Crippen LogP contribution < -0.4 is 4.90 Å². The van der Waals surface area contributed by atoms with Crippen LogP contribution in [0.4, 0.5) is 10.5 Å². The first-order valence-electron chi connectivity index (χ1n) is 15.0. The number of benzene rings is 1. The highest BCUT2D eigenvalue weighted by molar-refractivity contribution is 5.94. The SMILES string of the molecule is CC(C)c1ccc(N(C)C(=O)N2CCCCC2C(=O)OC(CCCc2cccnc2)CCCc2cccnc2)cc1. The second-order valence-corrected chi connectivity index (χ2v) is 11.4. The number of aryl methyl sites for hydroxylation is 2. The minimum Gasteiger partial charge on any atom is -0.461 e. The maximum atomic E-state index is 13.6. The standard InChI is InChI=1S/C34H44N4O3/c1-26(2)29-17-19-30(20-18-29)37(3)34(40)38-23-5-4-16-32(38)33(39)41-31(14-6-10-27-12-8-21-35-24-27)15-7-11-28-13-9-22-36-25-28/h8-9,12-13,17-22,24-26,31-32H,4-7,10-11,14-16,23H2,1-3H3. The van der Waals surface area contributed by atoms with E-state index in [9.17, 15) is 9.59 Å². The van der Waals surface area contributed by atoms with Gasteiger partial charge in [-0.3, -0.25) is 14.9 Å². The highest BCUT2D eigenvalue weighted by Crippen LogP contribution is 2.25. The van der Waals surface area contributed by atoms with E-state index in [0.29, 0.717) is 18.9 Å². The van der Waals surface area contributed by atoms with Gasteiger partial charge in [-0.1, -0.05) is 38.1 Å². The first-order chi connectivity index (χ1) is 19.9. The van der Waals surface area contributed by atoms with Crippen molar-refractivity contribution < 1.29 is 14.3 Å². The third-order valence-corrected chi connectivity index (χ3v) is 7.97. The summed E-state index contributed by atoms with van der Waals surface area (Å²) in [5.41, 5.74) is 4.41. The van der Waals surface area contributed by atoms with Crippen molar-refractivity contribution in [2.75, 3.05) is 18.5 Å². The summed E-state index contributed by atoms with van der Waals surface area (Å²) in [5, 5.41) is 0. The summed E-state index contributed by atoms with van der Waals surface area (Å²) in [4.78, 5) is 39.0. The van der Waals surface area contributed by atoms with Crippen LogP contribution in [0.5, 0.6) is 0 Å². The van der Waals surface area contributed by atoms with Gasteiger partial charge in [0.05, 0.1) is 0 Å². The van der Waals surface area contributed by atoms with Gasteiger partial charge in [0.1, 0.15) is 12.1 Å². The molecule has 1 fully saturated rings. The lowest BCUT2D eigenvalue weighted by Crippen LogP contribution is -2.53. The number of amides is 2. The molecular formula is C34H44N4O3. The van der Waals surface area contributed by atoms with E-state index in [1.54, 1.807) is 29.2 Å². The molecule has 0 bridgehead atoms. The van der Waals surface area contributed by atoms with Gasteiger partial charge in [0.25, 0.3) is 0 Å². The van der Waals surface area contributed by atoms with E-state index in [2.05, 4.69) is 48.1 Å². The zero-order valence-corrected chi connectivity index (χ0v) is 24.7. The molecule has 1 saturated heterocycles. The maximum Gasteiger partial charge on any atom is 0.329 e. The van der Waals surface area contributed by atoms with Crippen molar-refractivity contribution in [3.63, 3.8) is 0 Å². The molecule has 1 unspecified atom stereocenters. The Bertz CT molecular complexity index is 1170. The van der Waals surface area contributed by atoms with E-state index < -0.39 is 6.04 Å². The second-order valence-electron chi connectivity index (χ2n) is 11.4. The fourth-order valence-corrected chi connectivity index (χ4v) is 5.46. The Labute approximate surface area is 245 Å². The van der Waals surface area contributed by atoms with Crippen LogP contribution in [0.15, 0.2) is 73.3 Å². The van der Waals surface area contributed by atoms with Crippen molar-refractivity contribution in [2.45, 2.75) is 89.7 Å². The van der Waals surface area contributed by atoms with E-state index >= 15 is 0 Å². The quantitative estimate of drug-likeness (QED) is 0.225. The number of ether oxygens (including phenoxy) is 1. The summed E-state index contributed by atoms with van der Waals surface area (Å²) in [6.45, 7) is 4.86. The molecule has 1 aliphatic rings. The number of hydrogen-bond acceptors (Lipinski definition) is 5. The maximum absolute atomic E-state index is 13.6. The van der Waals surface area contributed by atoms with Crippen molar-refractivity contribution >= 4 is 17.7 Å². The number of urea groups is 1. The number of pyridine rings is 2. The molecular weight excluding hydrogens is 512 g/mol. The predicted octanol–water partition coefficient (Wildman–Crippen LogP) is 6.97. The number of likely N-dealkylation sites (tertiary alicyclic amines) is 1. The van der Waals surface area contributed by atoms with E-state index in [0.717, 1.165) is 57.1 Å². The molecule has 1 aliphatic heterocycles. The van der Waals surface area contributed by atoms with E-state index in [1.165, 1.54) is 16.7 Å². The van der Waals surface area contributed by atoms with Gasteiger partial charge in [0.15, 0.2) is 0 Å². The van der Waals surface area contributed by atoms with Crippen molar-refractivity contribution in [3.8, 4) is 0 Å². The number of carbonyl (C=O) groups excluding carboxylic acids is 2. The number of rotatable bonds is 12. The lowest BCUT2D eigenvalue weighted by molar-refractivity contribution is -0.156. The number of piperidine rings is 1. The highest BCUT2D eigenvalue weighted by atomic mass is 16.5. The number of carbonyl (C=O) groups is 2. The minimum atomic E-state index is -0.562. The normalized spacial score (nSPS) is 15.2. The molecule has 3 heterocycles. The Morgan fingerprint density at radius 2 is 1.54 bits per heavy atom. The fraction of sp³-hybridized carbons (Fsp3) is 0.471. The minimum absolute atomic E-state index is 0.159. The van der Waals surface area contributed by atoms with Gasteiger partial charge in [-0.25, -0.2) is 9.59 Å². The molecule has 4 rings (SSSR count). The van der Waals surface area contributed by atoms with Crippen LogP contribution in [-0.2, 0) is 22.4 Å². The summed E-state index contributed by atoms with van der Waals surface area (Å²) in [5.74, 6) is 0.141. The molecule has 0 N–H and O–H groups in total. The van der Waals surface area contributed by atoms with Crippen molar-refractivity contribution in [1.29, 1.82) is 0 Å². The van der Waals surface area contributed by atoms with Crippen LogP contribution in [0.1, 0.15) is 81.4 Å². The smallest absolute Gasteiger partial charge is 0.329 e. The molecule has 0 spiro atoms. The van der Waals surface area contributed by atoms with Gasteiger partial charge in [-0.05, 0) is 105 Å². The molecule has 41 heavy (non-hydrogen) atoms. The van der Waals surface area contributed by atoms with Crippen LogP contribution in [0, 0.1) is 0 Å². The number of nitrogens with zero attached hydrogens (tertiary/aromatic N) is 4. The molecule has 2 amide bonds. The zero-order chi connectivity index (χ0) is 29.0. The zero-order valence-electron chi connectivity index (χ0n) is 24.7.